The molecule has 6 nitrogen and oxygen atoms in total. The molecule has 2 N–H and O–H groups in total. The quantitative estimate of drug-likeness (QED) is 0.772. The molecule has 0 aromatic carbocycles. The predicted molar refractivity (Wildman–Crippen MR) is 75.5 cm³/mol. The van der Waals surface area contributed by atoms with Crippen molar-refractivity contribution in [1.82, 2.24) is 19.7 Å². The first kappa shape index (κ1) is 12.4. The maximum atomic E-state index is 6.12. The number of rotatable bonds is 2. The van der Waals surface area contributed by atoms with Crippen molar-refractivity contribution in [3.05, 3.63) is 41.4 Å². The Kier molecular flexibility index (Phi) is 2.78. The Balaban J connectivity index is 2.18. The summed E-state index contributed by atoms with van der Waals surface area (Å²) in [5, 5.41) is 4.48. The summed E-state index contributed by atoms with van der Waals surface area (Å²) < 4.78 is 6.93. The van der Waals surface area contributed by atoms with E-state index in [0.717, 1.165) is 17.0 Å². The molecule has 0 fully saturated rings. The fourth-order valence-corrected chi connectivity index (χ4v) is 2.11. The van der Waals surface area contributed by atoms with E-state index in [9.17, 15) is 0 Å². The molecule has 6 heteroatoms. The van der Waals surface area contributed by atoms with Crippen LogP contribution in [0.1, 0.15) is 17.0 Å². The third-order valence-corrected chi connectivity index (χ3v) is 3.08. The van der Waals surface area contributed by atoms with E-state index in [1.165, 1.54) is 0 Å². The first-order valence-electron chi connectivity index (χ1n) is 6.28. The summed E-state index contributed by atoms with van der Waals surface area (Å²) in [6.07, 6.45) is 1.61. The van der Waals surface area contributed by atoms with Crippen molar-refractivity contribution in [2.24, 2.45) is 0 Å². The van der Waals surface area contributed by atoms with E-state index in [-0.39, 0.29) is 0 Å². The van der Waals surface area contributed by atoms with Gasteiger partial charge in [-0.3, -0.25) is 0 Å². The lowest BCUT2D eigenvalue weighted by Gasteiger charge is -2.04. The van der Waals surface area contributed by atoms with Crippen LogP contribution in [0.25, 0.3) is 17.4 Å². The van der Waals surface area contributed by atoms with E-state index in [1.807, 2.05) is 39.0 Å². The van der Waals surface area contributed by atoms with Crippen LogP contribution in [0.15, 0.2) is 28.9 Å². The van der Waals surface area contributed by atoms with Gasteiger partial charge < -0.3 is 10.2 Å². The van der Waals surface area contributed by atoms with Crippen molar-refractivity contribution in [2.45, 2.75) is 20.8 Å². The SMILES string of the molecule is Cc1cc(C)nc(-n2nc(-c3ccco3)c(C)c2N)n1. The molecule has 20 heavy (non-hydrogen) atoms. The van der Waals surface area contributed by atoms with Crippen LogP contribution in [-0.4, -0.2) is 19.7 Å². The minimum absolute atomic E-state index is 0.473. The molecule has 3 aromatic heterocycles. The van der Waals surface area contributed by atoms with Crippen LogP contribution in [0.3, 0.4) is 0 Å². The Morgan fingerprint density at radius 2 is 1.85 bits per heavy atom. The molecule has 102 valence electrons. The summed E-state index contributed by atoms with van der Waals surface area (Å²) in [7, 11) is 0. The van der Waals surface area contributed by atoms with Crippen LogP contribution in [0.4, 0.5) is 5.82 Å². The lowest BCUT2D eigenvalue weighted by Crippen LogP contribution is -2.08. The van der Waals surface area contributed by atoms with E-state index >= 15 is 0 Å². The standard InChI is InChI=1S/C14H15N5O/c1-8-7-9(2)17-14(16-8)19-13(15)10(3)12(18-19)11-5-4-6-20-11/h4-7H,15H2,1-3H3. The molecule has 0 aliphatic carbocycles. The average Bonchev–Trinajstić information content (AvgIpc) is 2.99. The highest BCUT2D eigenvalue weighted by molar-refractivity contribution is 5.64. The monoisotopic (exact) mass is 269 g/mol. The topological polar surface area (TPSA) is 82.8 Å². The number of nitrogen functional groups attached to an aromatic ring is 1. The Hall–Kier alpha value is -2.63. The minimum atomic E-state index is 0.473. The van der Waals surface area contributed by atoms with Crippen LogP contribution < -0.4 is 5.73 Å². The van der Waals surface area contributed by atoms with Crippen molar-refractivity contribution in [3.63, 3.8) is 0 Å². The highest BCUT2D eigenvalue weighted by Crippen LogP contribution is 2.27. The number of nitrogens with zero attached hydrogens (tertiary/aromatic N) is 4. The van der Waals surface area contributed by atoms with E-state index < -0.39 is 0 Å². The van der Waals surface area contributed by atoms with Gasteiger partial charge in [-0.25, -0.2) is 9.97 Å². The maximum absolute atomic E-state index is 6.12. The van der Waals surface area contributed by atoms with Crippen molar-refractivity contribution < 1.29 is 4.42 Å². The lowest BCUT2D eigenvalue weighted by atomic mass is 10.2. The van der Waals surface area contributed by atoms with Gasteiger partial charge >= 0.3 is 0 Å². The summed E-state index contributed by atoms with van der Waals surface area (Å²) in [4.78, 5) is 8.76. The first-order valence-corrected chi connectivity index (χ1v) is 6.28. The molecule has 0 bridgehead atoms. The van der Waals surface area contributed by atoms with Gasteiger partial charge in [0.2, 0.25) is 0 Å². The number of anilines is 1. The molecule has 0 atom stereocenters. The van der Waals surface area contributed by atoms with Gasteiger partial charge in [0.05, 0.1) is 6.26 Å². The van der Waals surface area contributed by atoms with E-state index in [0.29, 0.717) is 23.2 Å². The van der Waals surface area contributed by atoms with Crippen LogP contribution >= 0.6 is 0 Å². The first-order chi connectivity index (χ1) is 9.56. The zero-order valence-corrected chi connectivity index (χ0v) is 11.6. The zero-order valence-electron chi connectivity index (χ0n) is 11.6. The van der Waals surface area contributed by atoms with Crippen LogP contribution in [0.5, 0.6) is 0 Å². The molecule has 0 radical (unpaired) electrons. The summed E-state index contributed by atoms with van der Waals surface area (Å²) in [6, 6.07) is 5.57. The average molecular weight is 269 g/mol. The molecule has 0 saturated heterocycles. The van der Waals surface area contributed by atoms with Crippen LogP contribution in [0, 0.1) is 20.8 Å². The highest BCUT2D eigenvalue weighted by Gasteiger charge is 2.18. The second-order valence-electron chi connectivity index (χ2n) is 4.70. The summed E-state index contributed by atoms with van der Waals surface area (Å²) in [6.45, 7) is 5.73. The van der Waals surface area contributed by atoms with Crippen molar-refractivity contribution in [3.8, 4) is 17.4 Å². The van der Waals surface area contributed by atoms with Gasteiger partial charge in [-0.2, -0.15) is 9.78 Å². The number of hydrogen-bond donors (Lipinski definition) is 1. The molecule has 0 amide bonds. The van der Waals surface area contributed by atoms with E-state index in [1.54, 1.807) is 10.9 Å². The fourth-order valence-electron chi connectivity index (χ4n) is 2.11. The minimum Gasteiger partial charge on any atom is -0.463 e. The third-order valence-electron chi connectivity index (χ3n) is 3.08. The summed E-state index contributed by atoms with van der Waals surface area (Å²) in [5.41, 5.74) is 9.42. The van der Waals surface area contributed by atoms with Gasteiger partial charge in [-0.05, 0) is 39.0 Å². The molecule has 0 spiro atoms. The summed E-state index contributed by atoms with van der Waals surface area (Å²) >= 11 is 0. The Labute approximate surface area is 116 Å². The van der Waals surface area contributed by atoms with Crippen molar-refractivity contribution >= 4 is 5.82 Å². The second-order valence-corrected chi connectivity index (χ2v) is 4.70. The molecule has 0 aliphatic heterocycles. The van der Waals surface area contributed by atoms with E-state index in [2.05, 4.69) is 15.1 Å². The molecular formula is C14H15N5O. The Morgan fingerprint density at radius 1 is 1.15 bits per heavy atom. The van der Waals surface area contributed by atoms with Gasteiger partial charge in [0, 0.05) is 17.0 Å². The molecule has 0 saturated carbocycles. The second kappa shape index (κ2) is 4.48. The predicted octanol–water partition coefficient (Wildman–Crippen LogP) is 2.43. The number of nitrogens with two attached hydrogens (primary N) is 1. The van der Waals surface area contributed by atoms with Crippen LogP contribution in [-0.2, 0) is 0 Å². The lowest BCUT2D eigenvalue weighted by molar-refractivity contribution is 0.578. The third kappa shape index (κ3) is 1.95. The molecule has 0 aliphatic rings. The van der Waals surface area contributed by atoms with Crippen molar-refractivity contribution in [2.75, 3.05) is 5.73 Å². The highest BCUT2D eigenvalue weighted by atomic mass is 16.3. The van der Waals surface area contributed by atoms with Gasteiger partial charge in [-0.1, -0.05) is 0 Å². The molecular weight excluding hydrogens is 254 g/mol. The van der Waals surface area contributed by atoms with Crippen LogP contribution in [0.2, 0.25) is 0 Å². The van der Waals surface area contributed by atoms with Gasteiger partial charge in [0.15, 0.2) is 5.76 Å². The Bertz CT molecular complexity index is 738. The number of furan rings is 1. The van der Waals surface area contributed by atoms with Crippen molar-refractivity contribution in [1.29, 1.82) is 0 Å². The molecule has 3 heterocycles. The van der Waals surface area contributed by atoms with Gasteiger partial charge in [0.1, 0.15) is 11.5 Å². The molecule has 0 unspecified atom stereocenters. The smallest absolute Gasteiger partial charge is 0.252 e. The zero-order chi connectivity index (χ0) is 14.3. The van der Waals surface area contributed by atoms with E-state index in [4.69, 9.17) is 10.2 Å². The maximum Gasteiger partial charge on any atom is 0.252 e. The fraction of sp³-hybridized carbons (Fsp3) is 0.214. The Morgan fingerprint density at radius 3 is 2.45 bits per heavy atom. The normalized spacial score (nSPS) is 10.9. The van der Waals surface area contributed by atoms with Gasteiger partial charge in [-0.15, -0.1) is 0 Å². The molecule has 3 rings (SSSR count). The number of aromatic nitrogens is 4. The number of aryl methyl sites for hydroxylation is 2. The largest absolute Gasteiger partial charge is 0.463 e. The molecule has 3 aromatic rings. The van der Waals surface area contributed by atoms with Gasteiger partial charge in [0.25, 0.3) is 5.95 Å². The number of hydrogen-bond acceptors (Lipinski definition) is 5. The summed E-state index contributed by atoms with van der Waals surface area (Å²) in [5.74, 6) is 1.67.